The number of halogens is 3. The molecule has 3 nitrogen and oxygen atoms in total. The fraction of sp³-hybridized carbons (Fsp3) is 0.417. The lowest BCUT2D eigenvalue weighted by atomic mass is 10.1. The van der Waals surface area contributed by atoms with Gasteiger partial charge in [0.25, 0.3) is 0 Å². The van der Waals surface area contributed by atoms with Crippen LogP contribution in [0.3, 0.4) is 0 Å². The Bertz CT molecular complexity index is 418. The molecule has 1 aromatic rings. The van der Waals surface area contributed by atoms with Crippen molar-refractivity contribution in [3.8, 4) is 0 Å². The summed E-state index contributed by atoms with van der Waals surface area (Å²) >= 11 is 0. The van der Waals surface area contributed by atoms with Crippen molar-refractivity contribution in [2.75, 3.05) is 7.05 Å². The number of nitrogens with two attached hydrogens (primary N) is 1. The SMILES string of the molecule is CN.O=C(NC1CCc2ccccc21)C(F)(F)F. The summed E-state index contributed by atoms with van der Waals surface area (Å²) in [7, 11) is 1.50. The average Bonchev–Trinajstić information content (AvgIpc) is 2.74. The van der Waals surface area contributed by atoms with E-state index in [0.29, 0.717) is 12.8 Å². The Morgan fingerprint density at radius 2 is 1.94 bits per heavy atom. The van der Waals surface area contributed by atoms with Crippen molar-refractivity contribution in [1.29, 1.82) is 0 Å². The molecule has 1 amide bonds. The van der Waals surface area contributed by atoms with Crippen molar-refractivity contribution in [2.45, 2.75) is 25.1 Å². The number of benzene rings is 1. The van der Waals surface area contributed by atoms with Crippen LogP contribution in [0.1, 0.15) is 23.6 Å². The average molecular weight is 260 g/mol. The van der Waals surface area contributed by atoms with Crippen LogP contribution < -0.4 is 11.1 Å². The number of rotatable bonds is 1. The van der Waals surface area contributed by atoms with E-state index in [4.69, 9.17) is 0 Å². The van der Waals surface area contributed by atoms with Gasteiger partial charge in [0, 0.05) is 0 Å². The number of nitrogens with one attached hydrogen (secondary N) is 1. The first-order chi connectivity index (χ1) is 8.48. The molecular formula is C12H15F3N2O. The highest BCUT2D eigenvalue weighted by Gasteiger charge is 2.40. The quantitative estimate of drug-likeness (QED) is 0.810. The first-order valence-electron chi connectivity index (χ1n) is 5.51. The third kappa shape index (κ3) is 3.22. The minimum absolute atomic E-state index is 0.509. The summed E-state index contributed by atoms with van der Waals surface area (Å²) in [6.07, 6.45) is -3.57. The van der Waals surface area contributed by atoms with E-state index in [1.54, 1.807) is 12.1 Å². The van der Waals surface area contributed by atoms with Gasteiger partial charge in [0.15, 0.2) is 0 Å². The molecule has 0 spiro atoms. The topological polar surface area (TPSA) is 55.1 Å². The van der Waals surface area contributed by atoms with Gasteiger partial charge in [-0.2, -0.15) is 13.2 Å². The van der Waals surface area contributed by atoms with Gasteiger partial charge in [-0.05, 0) is 31.0 Å². The molecule has 18 heavy (non-hydrogen) atoms. The highest BCUT2D eigenvalue weighted by molar-refractivity contribution is 5.82. The van der Waals surface area contributed by atoms with Crippen molar-refractivity contribution < 1.29 is 18.0 Å². The number of amides is 1. The molecule has 2 rings (SSSR count). The van der Waals surface area contributed by atoms with Crippen molar-refractivity contribution in [1.82, 2.24) is 5.32 Å². The molecule has 1 aromatic carbocycles. The van der Waals surface area contributed by atoms with E-state index in [1.807, 2.05) is 17.4 Å². The van der Waals surface area contributed by atoms with E-state index in [2.05, 4.69) is 5.73 Å². The lowest BCUT2D eigenvalue weighted by Crippen LogP contribution is -2.38. The monoisotopic (exact) mass is 260 g/mol. The van der Waals surface area contributed by atoms with Crippen LogP contribution in [0, 0.1) is 0 Å². The standard InChI is InChI=1S/C11H10F3NO.CH5N/c12-11(13,14)10(16)15-9-6-5-7-3-1-2-4-8(7)9;1-2/h1-4,9H,5-6H2,(H,15,16);2H2,1H3. The summed E-state index contributed by atoms with van der Waals surface area (Å²) < 4.78 is 36.2. The summed E-state index contributed by atoms with van der Waals surface area (Å²) in [5, 5.41) is 2.01. The smallest absolute Gasteiger partial charge is 0.341 e. The van der Waals surface area contributed by atoms with Crippen LogP contribution in [0.4, 0.5) is 13.2 Å². The van der Waals surface area contributed by atoms with Gasteiger partial charge in [-0.25, -0.2) is 0 Å². The van der Waals surface area contributed by atoms with Crippen LogP contribution in [0.5, 0.6) is 0 Å². The lowest BCUT2D eigenvalue weighted by molar-refractivity contribution is -0.174. The van der Waals surface area contributed by atoms with Crippen LogP contribution in [0.15, 0.2) is 24.3 Å². The molecule has 0 radical (unpaired) electrons. The Hall–Kier alpha value is -1.56. The van der Waals surface area contributed by atoms with Crippen molar-refractivity contribution in [3.05, 3.63) is 35.4 Å². The van der Waals surface area contributed by atoms with Crippen LogP contribution in [-0.2, 0) is 11.2 Å². The van der Waals surface area contributed by atoms with E-state index in [-0.39, 0.29) is 0 Å². The number of aryl methyl sites for hydroxylation is 1. The predicted molar refractivity (Wildman–Crippen MR) is 61.8 cm³/mol. The van der Waals surface area contributed by atoms with Crippen LogP contribution in [0.25, 0.3) is 0 Å². The van der Waals surface area contributed by atoms with Crippen molar-refractivity contribution in [3.63, 3.8) is 0 Å². The highest BCUT2D eigenvalue weighted by Crippen LogP contribution is 2.31. The number of hydrogen-bond acceptors (Lipinski definition) is 2. The normalized spacial score (nSPS) is 17.5. The Labute approximate surface area is 103 Å². The fourth-order valence-corrected chi connectivity index (χ4v) is 1.95. The minimum atomic E-state index is -4.81. The first kappa shape index (κ1) is 14.5. The van der Waals surface area contributed by atoms with Crippen molar-refractivity contribution in [2.24, 2.45) is 5.73 Å². The Balaban J connectivity index is 0.000000771. The molecule has 0 saturated heterocycles. The molecule has 0 bridgehead atoms. The van der Waals surface area contributed by atoms with Gasteiger partial charge in [-0.3, -0.25) is 4.79 Å². The van der Waals surface area contributed by atoms with Gasteiger partial charge in [-0.1, -0.05) is 24.3 Å². The number of carbonyl (C=O) groups excluding carboxylic acids is 1. The molecule has 1 aliphatic rings. The van der Waals surface area contributed by atoms with Gasteiger partial charge in [0.1, 0.15) is 0 Å². The Morgan fingerprint density at radius 3 is 2.56 bits per heavy atom. The largest absolute Gasteiger partial charge is 0.471 e. The third-order valence-electron chi connectivity index (χ3n) is 2.70. The van der Waals surface area contributed by atoms with E-state index in [9.17, 15) is 18.0 Å². The zero-order valence-corrected chi connectivity index (χ0v) is 9.92. The third-order valence-corrected chi connectivity index (χ3v) is 2.70. The molecule has 6 heteroatoms. The van der Waals surface area contributed by atoms with E-state index in [0.717, 1.165) is 11.1 Å². The molecule has 0 fully saturated rings. The van der Waals surface area contributed by atoms with Gasteiger partial charge in [-0.15, -0.1) is 0 Å². The van der Waals surface area contributed by atoms with Gasteiger partial charge >= 0.3 is 12.1 Å². The lowest BCUT2D eigenvalue weighted by Gasteiger charge is -2.15. The number of fused-ring (bicyclic) bond motifs is 1. The molecule has 3 N–H and O–H groups in total. The maximum absolute atomic E-state index is 12.1. The van der Waals surface area contributed by atoms with E-state index in [1.165, 1.54) is 7.05 Å². The fourth-order valence-electron chi connectivity index (χ4n) is 1.95. The van der Waals surface area contributed by atoms with Crippen LogP contribution in [-0.4, -0.2) is 19.1 Å². The summed E-state index contributed by atoms with van der Waals surface area (Å²) in [5.74, 6) is -1.87. The Morgan fingerprint density at radius 1 is 1.33 bits per heavy atom. The van der Waals surface area contributed by atoms with Crippen molar-refractivity contribution >= 4 is 5.91 Å². The maximum Gasteiger partial charge on any atom is 0.471 e. The molecule has 1 unspecified atom stereocenters. The molecule has 0 heterocycles. The Kier molecular flexibility index (Phi) is 4.72. The highest BCUT2D eigenvalue weighted by atomic mass is 19.4. The first-order valence-corrected chi connectivity index (χ1v) is 5.51. The zero-order chi connectivity index (χ0) is 13.8. The minimum Gasteiger partial charge on any atom is -0.341 e. The molecule has 0 aromatic heterocycles. The summed E-state index contributed by atoms with van der Waals surface area (Å²) in [6.45, 7) is 0. The van der Waals surface area contributed by atoms with Gasteiger partial charge < -0.3 is 11.1 Å². The number of carbonyl (C=O) groups is 1. The molecule has 100 valence electrons. The summed E-state index contributed by atoms with van der Waals surface area (Å²) in [4.78, 5) is 10.8. The van der Waals surface area contributed by atoms with Crippen LogP contribution in [0.2, 0.25) is 0 Å². The second-order valence-electron chi connectivity index (χ2n) is 3.76. The van der Waals surface area contributed by atoms with E-state index >= 15 is 0 Å². The summed E-state index contributed by atoms with van der Waals surface area (Å²) in [5.41, 5.74) is 6.30. The summed E-state index contributed by atoms with van der Waals surface area (Å²) in [6, 6.07) is 6.72. The second kappa shape index (κ2) is 5.86. The number of hydrogen-bond donors (Lipinski definition) is 2. The molecule has 0 saturated carbocycles. The van der Waals surface area contributed by atoms with Gasteiger partial charge in [0.05, 0.1) is 6.04 Å². The second-order valence-corrected chi connectivity index (χ2v) is 3.76. The maximum atomic E-state index is 12.1. The predicted octanol–water partition coefficient (Wildman–Crippen LogP) is 1.93. The van der Waals surface area contributed by atoms with E-state index < -0.39 is 18.1 Å². The molecule has 1 atom stereocenters. The van der Waals surface area contributed by atoms with Gasteiger partial charge in [0.2, 0.25) is 0 Å². The zero-order valence-electron chi connectivity index (χ0n) is 9.92. The molecule has 0 aliphatic heterocycles. The van der Waals surface area contributed by atoms with Crippen LogP contribution >= 0.6 is 0 Å². The number of alkyl halides is 3. The molecular weight excluding hydrogens is 245 g/mol. The molecule has 1 aliphatic carbocycles.